The molecular weight excluding hydrogens is 302 g/mol. The summed E-state index contributed by atoms with van der Waals surface area (Å²) < 4.78 is 5.21. The smallest absolute Gasteiger partial charge is 0.331 e. The molecule has 4 nitrogen and oxygen atoms in total. The molecule has 3 atom stereocenters. The molecule has 1 amide bonds. The van der Waals surface area contributed by atoms with Crippen molar-refractivity contribution in [2.45, 2.75) is 58.6 Å². The lowest BCUT2D eigenvalue weighted by atomic mass is 9.86. The number of hydrogen-bond donors (Lipinski definition) is 1. The minimum absolute atomic E-state index is 0.190. The molecule has 0 heterocycles. The van der Waals surface area contributed by atoms with Gasteiger partial charge in [-0.2, -0.15) is 0 Å². The Bertz CT molecular complexity index is 609. The van der Waals surface area contributed by atoms with Crippen LogP contribution in [-0.2, 0) is 14.3 Å². The Balaban J connectivity index is 1.84. The number of aryl methyl sites for hydroxylation is 1. The molecule has 0 aromatic heterocycles. The predicted molar refractivity (Wildman–Crippen MR) is 95.3 cm³/mol. The topological polar surface area (TPSA) is 55.4 Å². The largest absolute Gasteiger partial charge is 0.449 e. The van der Waals surface area contributed by atoms with E-state index in [9.17, 15) is 9.59 Å². The number of carbonyl (C=O) groups excluding carboxylic acids is 2. The van der Waals surface area contributed by atoms with Crippen LogP contribution in [0.4, 0.5) is 0 Å². The summed E-state index contributed by atoms with van der Waals surface area (Å²) in [4.78, 5) is 24.1. The number of ether oxygens (including phenoxy) is 1. The third kappa shape index (κ3) is 5.22. The fourth-order valence-electron chi connectivity index (χ4n) is 3.03. The van der Waals surface area contributed by atoms with E-state index in [1.54, 1.807) is 13.0 Å². The van der Waals surface area contributed by atoms with E-state index >= 15 is 0 Å². The van der Waals surface area contributed by atoms with Crippen LogP contribution in [0.2, 0.25) is 0 Å². The zero-order valence-electron chi connectivity index (χ0n) is 14.7. The normalized spacial score (nSPS) is 22.1. The van der Waals surface area contributed by atoms with Crippen LogP contribution in [0.1, 0.15) is 50.7 Å². The lowest BCUT2D eigenvalue weighted by Gasteiger charge is -2.30. The molecule has 1 aliphatic rings. The van der Waals surface area contributed by atoms with Crippen LogP contribution in [0, 0.1) is 12.8 Å². The third-order valence-corrected chi connectivity index (χ3v) is 4.69. The Morgan fingerprint density at radius 1 is 1.25 bits per heavy atom. The third-order valence-electron chi connectivity index (χ3n) is 4.69. The molecule has 0 unspecified atom stereocenters. The van der Waals surface area contributed by atoms with Gasteiger partial charge in [-0.1, -0.05) is 44.0 Å². The van der Waals surface area contributed by atoms with E-state index in [-0.39, 0.29) is 11.9 Å². The number of nitrogens with one attached hydrogen (secondary N) is 1. The SMILES string of the molecule is Cc1ccccc1/C=C/C(=O)O[C@@H](C)C(=O)N[C@H]1CCCC[C@@H]1C. The molecule has 1 N–H and O–H groups in total. The van der Waals surface area contributed by atoms with Crippen molar-refractivity contribution in [1.29, 1.82) is 0 Å². The molecule has 130 valence electrons. The zero-order valence-corrected chi connectivity index (χ0v) is 14.7. The van der Waals surface area contributed by atoms with Crippen molar-refractivity contribution in [1.82, 2.24) is 5.32 Å². The van der Waals surface area contributed by atoms with E-state index in [0.717, 1.165) is 30.4 Å². The van der Waals surface area contributed by atoms with E-state index < -0.39 is 12.1 Å². The maximum absolute atomic E-state index is 12.2. The molecule has 1 saturated carbocycles. The van der Waals surface area contributed by atoms with Gasteiger partial charge in [0.2, 0.25) is 0 Å². The molecule has 1 aromatic carbocycles. The lowest BCUT2D eigenvalue weighted by Crippen LogP contribution is -2.45. The van der Waals surface area contributed by atoms with Gasteiger partial charge < -0.3 is 10.1 Å². The maximum Gasteiger partial charge on any atom is 0.331 e. The Hall–Kier alpha value is -2.10. The van der Waals surface area contributed by atoms with E-state index in [2.05, 4.69) is 12.2 Å². The Morgan fingerprint density at radius 2 is 1.96 bits per heavy atom. The van der Waals surface area contributed by atoms with Crippen molar-refractivity contribution in [2.75, 3.05) is 0 Å². The lowest BCUT2D eigenvalue weighted by molar-refractivity contribution is -0.150. The zero-order chi connectivity index (χ0) is 17.5. The van der Waals surface area contributed by atoms with Gasteiger partial charge in [-0.3, -0.25) is 4.79 Å². The maximum atomic E-state index is 12.2. The molecule has 0 bridgehead atoms. The molecule has 1 fully saturated rings. The van der Waals surface area contributed by atoms with Gasteiger partial charge in [-0.15, -0.1) is 0 Å². The number of hydrogen-bond acceptors (Lipinski definition) is 3. The summed E-state index contributed by atoms with van der Waals surface area (Å²) in [5.74, 6) is -0.240. The first-order valence-electron chi connectivity index (χ1n) is 8.72. The summed E-state index contributed by atoms with van der Waals surface area (Å²) >= 11 is 0. The average Bonchev–Trinajstić information content (AvgIpc) is 2.56. The first-order chi connectivity index (χ1) is 11.5. The van der Waals surface area contributed by atoms with Crippen LogP contribution >= 0.6 is 0 Å². The molecule has 24 heavy (non-hydrogen) atoms. The van der Waals surface area contributed by atoms with Crippen LogP contribution < -0.4 is 5.32 Å². The highest BCUT2D eigenvalue weighted by atomic mass is 16.5. The predicted octanol–water partition coefficient (Wildman–Crippen LogP) is 3.63. The van der Waals surface area contributed by atoms with Gasteiger partial charge >= 0.3 is 5.97 Å². The second-order valence-corrected chi connectivity index (χ2v) is 6.65. The molecule has 1 aliphatic carbocycles. The number of rotatable bonds is 5. The quantitative estimate of drug-likeness (QED) is 0.663. The van der Waals surface area contributed by atoms with Gasteiger partial charge in [0.05, 0.1) is 0 Å². The highest BCUT2D eigenvalue weighted by molar-refractivity contribution is 5.90. The number of esters is 1. The summed E-state index contributed by atoms with van der Waals surface area (Å²) in [6.07, 6.45) is 6.80. The van der Waals surface area contributed by atoms with Crippen LogP contribution in [0.5, 0.6) is 0 Å². The Labute approximate surface area is 144 Å². The second-order valence-electron chi connectivity index (χ2n) is 6.65. The summed E-state index contributed by atoms with van der Waals surface area (Å²) in [6.45, 7) is 5.75. The summed E-state index contributed by atoms with van der Waals surface area (Å²) in [5.41, 5.74) is 2.04. The van der Waals surface area contributed by atoms with Gasteiger partial charge in [0, 0.05) is 12.1 Å². The number of benzene rings is 1. The van der Waals surface area contributed by atoms with Crippen LogP contribution in [0.15, 0.2) is 30.3 Å². The number of amides is 1. The van der Waals surface area contributed by atoms with E-state index in [4.69, 9.17) is 4.74 Å². The van der Waals surface area contributed by atoms with Crippen molar-refractivity contribution < 1.29 is 14.3 Å². The fraction of sp³-hybridized carbons (Fsp3) is 0.500. The van der Waals surface area contributed by atoms with Crippen molar-refractivity contribution in [3.05, 3.63) is 41.5 Å². The van der Waals surface area contributed by atoms with E-state index in [1.807, 2.05) is 31.2 Å². The van der Waals surface area contributed by atoms with Crippen molar-refractivity contribution in [3.8, 4) is 0 Å². The van der Waals surface area contributed by atoms with Crippen molar-refractivity contribution >= 4 is 18.0 Å². The second kappa shape index (κ2) is 8.67. The summed E-state index contributed by atoms with van der Waals surface area (Å²) in [6, 6.07) is 7.96. The molecule has 0 radical (unpaired) electrons. The van der Waals surface area contributed by atoms with Crippen LogP contribution in [0.25, 0.3) is 6.08 Å². The first-order valence-corrected chi connectivity index (χ1v) is 8.72. The minimum Gasteiger partial charge on any atom is -0.449 e. The molecule has 0 saturated heterocycles. The van der Waals surface area contributed by atoms with Crippen LogP contribution in [0.3, 0.4) is 0 Å². The molecule has 0 spiro atoms. The van der Waals surface area contributed by atoms with Gasteiger partial charge in [0.25, 0.3) is 5.91 Å². The first kappa shape index (κ1) is 18.2. The van der Waals surface area contributed by atoms with Crippen molar-refractivity contribution in [3.63, 3.8) is 0 Å². The molecule has 1 aromatic rings. The van der Waals surface area contributed by atoms with E-state index in [1.165, 1.54) is 12.5 Å². The highest BCUT2D eigenvalue weighted by Crippen LogP contribution is 2.23. The average molecular weight is 329 g/mol. The van der Waals surface area contributed by atoms with Gasteiger partial charge in [-0.25, -0.2) is 4.79 Å². The summed E-state index contributed by atoms with van der Waals surface area (Å²) in [7, 11) is 0. The van der Waals surface area contributed by atoms with Gasteiger partial charge in [0.15, 0.2) is 6.10 Å². The Morgan fingerprint density at radius 3 is 2.67 bits per heavy atom. The van der Waals surface area contributed by atoms with Crippen LogP contribution in [-0.4, -0.2) is 24.0 Å². The molecule has 2 rings (SSSR count). The number of carbonyl (C=O) groups is 2. The minimum atomic E-state index is -0.784. The highest BCUT2D eigenvalue weighted by Gasteiger charge is 2.25. The molecule has 0 aliphatic heterocycles. The van der Waals surface area contributed by atoms with Gasteiger partial charge in [-0.05, 0) is 49.8 Å². The fourth-order valence-corrected chi connectivity index (χ4v) is 3.03. The van der Waals surface area contributed by atoms with E-state index in [0.29, 0.717) is 5.92 Å². The Kier molecular flexibility index (Phi) is 6.59. The molecular formula is C20H27NO3. The molecule has 4 heteroatoms. The van der Waals surface area contributed by atoms with Gasteiger partial charge in [0.1, 0.15) is 0 Å². The monoisotopic (exact) mass is 329 g/mol. The standard InChI is InChI=1S/C20H27NO3/c1-14-8-4-6-10-17(14)12-13-19(22)24-16(3)20(23)21-18-11-7-5-9-15(18)2/h4,6,8,10,12-13,15-16,18H,5,7,9,11H2,1-3H3,(H,21,23)/b13-12+/t15-,16-,18-/m0/s1. The summed E-state index contributed by atoms with van der Waals surface area (Å²) in [5, 5.41) is 3.02. The van der Waals surface area contributed by atoms with Crippen molar-refractivity contribution in [2.24, 2.45) is 5.92 Å².